The van der Waals surface area contributed by atoms with Crippen molar-refractivity contribution in [3.8, 4) is 17.0 Å². The molecule has 0 spiro atoms. The van der Waals surface area contributed by atoms with Gasteiger partial charge in [0.05, 0.1) is 30.7 Å². The number of nitrogens with zero attached hydrogens (tertiary/aromatic N) is 1. The van der Waals surface area contributed by atoms with Crippen LogP contribution in [0.15, 0.2) is 30.3 Å². The van der Waals surface area contributed by atoms with Crippen molar-refractivity contribution in [1.82, 2.24) is 4.98 Å². The van der Waals surface area contributed by atoms with Gasteiger partial charge in [0, 0.05) is 5.56 Å². The van der Waals surface area contributed by atoms with Crippen LogP contribution in [0.25, 0.3) is 11.3 Å². The first-order valence-electron chi connectivity index (χ1n) is 8.42. The number of aromatic nitrogens is 1. The fourth-order valence-corrected chi connectivity index (χ4v) is 2.69. The quantitative estimate of drug-likeness (QED) is 0.698. The topological polar surface area (TPSA) is 48.4 Å². The maximum Gasteiger partial charge on any atom is 0.340 e. The highest BCUT2D eigenvalue weighted by Gasteiger charge is 2.18. The van der Waals surface area contributed by atoms with E-state index in [1.165, 1.54) is 0 Å². The molecule has 0 aliphatic carbocycles. The molecule has 1 heterocycles. The number of methoxy groups -OCH3 is 1. The van der Waals surface area contributed by atoms with Crippen LogP contribution in [0.4, 0.5) is 0 Å². The second-order valence-corrected chi connectivity index (χ2v) is 5.68. The molecule has 0 aliphatic rings. The number of benzene rings is 1. The Morgan fingerprint density at radius 1 is 1.17 bits per heavy atom. The highest BCUT2D eigenvalue weighted by Crippen LogP contribution is 2.26. The van der Waals surface area contributed by atoms with Crippen molar-refractivity contribution < 1.29 is 14.3 Å². The summed E-state index contributed by atoms with van der Waals surface area (Å²) in [5.74, 6) is 0.528. The molecule has 2 aromatic rings. The number of ether oxygens (including phenoxy) is 2. The molecule has 0 unspecified atom stereocenters. The van der Waals surface area contributed by atoms with Crippen molar-refractivity contribution in [3.05, 3.63) is 47.2 Å². The number of aryl methyl sites for hydroxylation is 2. The van der Waals surface area contributed by atoms with Gasteiger partial charge in [0.2, 0.25) is 0 Å². The van der Waals surface area contributed by atoms with Crippen molar-refractivity contribution in [3.63, 3.8) is 0 Å². The van der Waals surface area contributed by atoms with Crippen molar-refractivity contribution in [2.75, 3.05) is 13.7 Å². The van der Waals surface area contributed by atoms with Gasteiger partial charge in [-0.1, -0.05) is 13.3 Å². The molecule has 4 heteroatoms. The van der Waals surface area contributed by atoms with Crippen LogP contribution in [0.1, 0.15) is 48.3 Å². The van der Waals surface area contributed by atoms with Crippen LogP contribution in [-0.2, 0) is 11.2 Å². The van der Waals surface area contributed by atoms with Crippen LogP contribution in [-0.4, -0.2) is 24.7 Å². The van der Waals surface area contributed by atoms with Crippen molar-refractivity contribution >= 4 is 5.97 Å². The summed E-state index contributed by atoms with van der Waals surface area (Å²) < 4.78 is 10.4. The molecule has 0 amide bonds. The van der Waals surface area contributed by atoms with Crippen LogP contribution >= 0.6 is 0 Å². The standard InChI is InChI=1S/C20H25NO3/c1-5-7-8-16-13-18(15-9-11-17(23-4)12-10-15)21-14(3)19(16)20(22)24-6-2/h9-13H,5-8H2,1-4H3. The van der Waals surface area contributed by atoms with Crippen LogP contribution in [0.3, 0.4) is 0 Å². The lowest BCUT2D eigenvalue weighted by Crippen LogP contribution is -2.12. The number of pyridine rings is 1. The summed E-state index contributed by atoms with van der Waals surface area (Å²) in [4.78, 5) is 16.9. The third-order valence-electron chi connectivity index (χ3n) is 3.95. The zero-order valence-corrected chi connectivity index (χ0v) is 14.9. The Balaban J connectivity index is 2.46. The number of hydrogen-bond donors (Lipinski definition) is 0. The summed E-state index contributed by atoms with van der Waals surface area (Å²) in [7, 11) is 1.65. The van der Waals surface area contributed by atoms with E-state index in [9.17, 15) is 4.79 Å². The molecule has 0 bridgehead atoms. The van der Waals surface area contributed by atoms with Crippen molar-refractivity contribution in [2.24, 2.45) is 0 Å². The summed E-state index contributed by atoms with van der Waals surface area (Å²) in [5, 5.41) is 0. The lowest BCUT2D eigenvalue weighted by Gasteiger charge is -2.14. The van der Waals surface area contributed by atoms with E-state index in [1.807, 2.05) is 44.2 Å². The first-order valence-corrected chi connectivity index (χ1v) is 8.42. The molecule has 2 rings (SSSR count). The van der Waals surface area contributed by atoms with Gasteiger partial charge in [-0.05, 0) is 62.6 Å². The third kappa shape index (κ3) is 4.13. The molecular formula is C20H25NO3. The van der Waals surface area contributed by atoms with Crippen LogP contribution in [0, 0.1) is 6.92 Å². The number of esters is 1. The Labute approximate surface area is 143 Å². The Kier molecular flexibility index (Phi) is 6.36. The number of carbonyl (C=O) groups is 1. The minimum Gasteiger partial charge on any atom is -0.497 e. The zero-order chi connectivity index (χ0) is 17.5. The van der Waals surface area contributed by atoms with E-state index < -0.39 is 0 Å². The lowest BCUT2D eigenvalue weighted by atomic mass is 9.98. The summed E-state index contributed by atoms with van der Waals surface area (Å²) >= 11 is 0. The molecule has 0 saturated carbocycles. The average Bonchev–Trinajstić information content (AvgIpc) is 2.59. The summed E-state index contributed by atoms with van der Waals surface area (Å²) in [5.41, 5.74) is 4.21. The highest BCUT2D eigenvalue weighted by atomic mass is 16.5. The third-order valence-corrected chi connectivity index (χ3v) is 3.95. The zero-order valence-electron chi connectivity index (χ0n) is 14.9. The fraction of sp³-hybridized carbons (Fsp3) is 0.400. The van der Waals surface area contributed by atoms with Gasteiger partial charge in [-0.25, -0.2) is 4.79 Å². The Bertz CT molecular complexity index is 693. The van der Waals surface area contributed by atoms with E-state index in [4.69, 9.17) is 9.47 Å². The molecule has 0 aliphatic heterocycles. The fourth-order valence-electron chi connectivity index (χ4n) is 2.69. The maximum absolute atomic E-state index is 12.3. The first-order chi connectivity index (χ1) is 11.6. The molecule has 0 N–H and O–H groups in total. The summed E-state index contributed by atoms with van der Waals surface area (Å²) in [6, 6.07) is 9.80. The lowest BCUT2D eigenvalue weighted by molar-refractivity contribution is 0.0523. The Morgan fingerprint density at radius 3 is 2.46 bits per heavy atom. The van der Waals surface area contributed by atoms with E-state index in [1.54, 1.807) is 7.11 Å². The van der Waals surface area contributed by atoms with E-state index in [2.05, 4.69) is 11.9 Å². The number of unbranched alkanes of at least 4 members (excludes halogenated alkanes) is 1. The molecule has 128 valence electrons. The van der Waals surface area contributed by atoms with Gasteiger partial charge in [0.15, 0.2) is 0 Å². The van der Waals surface area contributed by atoms with Gasteiger partial charge in [0.1, 0.15) is 5.75 Å². The average molecular weight is 327 g/mol. The van der Waals surface area contributed by atoms with E-state index >= 15 is 0 Å². The Hall–Kier alpha value is -2.36. The van der Waals surface area contributed by atoms with Gasteiger partial charge in [-0.3, -0.25) is 4.98 Å². The van der Waals surface area contributed by atoms with E-state index in [0.29, 0.717) is 17.9 Å². The molecule has 0 fully saturated rings. The minimum absolute atomic E-state index is 0.283. The minimum atomic E-state index is -0.283. The molecule has 0 saturated heterocycles. The first kappa shape index (κ1) is 18.0. The predicted octanol–water partition coefficient (Wildman–Crippen LogP) is 4.58. The monoisotopic (exact) mass is 327 g/mol. The second-order valence-electron chi connectivity index (χ2n) is 5.68. The second kappa shape index (κ2) is 8.48. The summed E-state index contributed by atoms with van der Waals surface area (Å²) in [6.45, 7) is 6.20. The van der Waals surface area contributed by atoms with Gasteiger partial charge >= 0.3 is 5.97 Å². The van der Waals surface area contributed by atoms with E-state index in [-0.39, 0.29) is 5.97 Å². The van der Waals surface area contributed by atoms with Crippen molar-refractivity contribution in [1.29, 1.82) is 0 Å². The van der Waals surface area contributed by atoms with Gasteiger partial charge in [-0.15, -0.1) is 0 Å². The normalized spacial score (nSPS) is 10.5. The van der Waals surface area contributed by atoms with Gasteiger partial charge in [-0.2, -0.15) is 0 Å². The molecule has 1 aromatic heterocycles. The van der Waals surface area contributed by atoms with E-state index in [0.717, 1.165) is 41.8 Å². The molecule has 0 atom stereocenters. The molecule has 1 aromatic carbocycles. The largest absolute Gasteiger partial charge is 0.497 e. The molecular weight excluding hydrogens is 302 g/mol. The van der Waals surface area contributed by atoms with Crippen molar-refractivity contribution in [2.45, 2.75) is 40.0 Å². The SMILES string of the molecule is CCCCc1cc(-c2ccc(OC)cc2)nc(C)c1C(=O)OCC. The molecule has 24 heavy (non-hydrogen) atoms. The van der Waals surface area contributed by atoms with Crippen LogP contribution in [0.5, 0.6) is 5.75 Å². The van der Waals surface area contributed by atoms with Gasteiger partial charge in [0.25, 0.3) is 0 Å². The predicted molar refractivity (Wildman–Crippen MR) is 95.5 cm³/mol. The number of rotatable bonds is 7. The number of hydrogen-bond acceptors (Lipinski definition) is 4. The molecule has 4 nitrogen and oxygen atoms in total. The van der Waals surface area contributed by atoms with Gasteiger partial charge < -0.3 is 9.47 Å². The maximum atomic E-state index is 12.3. The van der Waals surface area contributed by atoms with Crippen LogP contribution < -0.4 is 4.74 Å². The smallest absolute Gasteiger partial charge is 0.340 e. The highest BCUT2D eigenvalue weighted by molar-refractivity contribution is 5.92. The Morgan fingerprint density at radius 2 is 1.88 bits per heavy atom. The number of carbonyl (C=O) groups excluding carboxylic acids is 1. The molecule has 0 radical (unpaired) electrons. The van der Waals surface area contributed by atoms with Crippen LogP contribution in [0.2, 0.25) is 0 Å². The summed E-state index contributed by atoms with van der Waals surface area (Å²) in [6.07, 6.45) is 2.94.